The normalized spacial score (nSPS) is 44.3. The van der Waals surface area contributed by atoms with Crippen LogP contribution < -0.4 is 0 Å². The molecule has 1 aromatic carbocycles. The summed E-state index contributed by atoms with van der Waals surface area (Å²) in [7, 11) is 0. The van der Waals surface area contributed by atoms with Gasteiger partial charge in [0.05, 0.1) is 5.56 Å². The molecular formula is C19H21BrO2. The third-order valence-corrected chi connectivity index (χ3v) is 7.73. The van der Waals surface area contributed by atoms with E-state index in [0.29, 0.717) is 11.0 Å². The van der Waals surface area contributed by atoms with Gasteiger partial charge in [-0.25, -0.2) is 4.79 Å². The Balaban J connectivity index is 1.40. The molecule has 4 fully saturated rings. The molecule has 3 heteroatoms. The van der Waals surface area contributed by atoms with Gasteiger partial charge >= 0.3 is 5.97 Å². The van der Waals surface area contributed by atoms with Gasteiger partial charge in [-0.2, -0.15) is 0 Å². The van der Waals surface area contributed by atoms with Crippen molar-refractivity contribution in [3.63, 3.8) is 0 Å². The quantitative estimate of drug-likeness (QED) is 0.706. The second-order valence-corrected chi connectivity index (χ2v) is 8.85. The van der Waals surface area contributed by atoms with E-state index >= 15 is 0 Å². The Morgan fingerprint density at radius 1 is 1.14 bits per heavy atom. The number of rotatable bonds is 2. The molecule has 1 aromatic rings. The van der Waals surface area contributed by atoms with Gasteiger partial charge in [0.2, 0.25) is 0 Å². The number of hydrogen-bond donors (Lipinski definition) is 0. The van der Waals surface area contributed by atoms with Crippen LogP contribution in [0.5, 0.6) is 0 Å². The number of ether oxygens (including phenoxy) is 1. The summed E-state index contributed by atoms with van der Waals surface area (Å²) >= 11 is 3.42. The lowest BCUT2D eigenvalue weighted by Crippen LogP contribution is -2.44. The second-order valence-electron chi connectivity index (χ2n) is 7.93. The van der Waals surface area contributed by atoms with Crippen molar-refractivity contribution in [3.8, 4) is 0 Å². The number of benzene rings is 1. The minimum absolute atomic E-state index is 0.124. The SMILES string of the molecule is O=C(O[C@@H]1C[C@H]2C[C@@H]3[C@H]4CC[C@@H](C4)[C@]31C2)c1ccc(Br)cc1. The molecular weight excluding hydrogens is 340 g/mol. The van der Waals surface area contributed by atoms with Crippen molar-refractivity contribution >= 4 is 21.9 Å². The summed E-state index contributed by atoms with van der Waals surface area (Å²) in [6.07, 6.45) is 8.25. The number of halogens is 1. The van der Waals surface area contributed by atoms with Gasteiger partial charge in [0.1, 0.15) is 6.10 Å². The Labute approximate surface area is 139 Å². The zero-order chi connectivity index (χ0) is 14.9. The summed E-state index contributed by atoms with van der Waals surface area (Å²) < 4.78 is 7.07. The van der Waals surface area contributed by atoms with E-state index in [-0.39, 0.29) is 12.1 Å². The van der Waals surface area contributed by atoms with Gasteiger partial charge in [0.15, 0.2) is 0 Å². The van der Waals surface area contributed by atoms with Crippen molar-refractivity contribution in [2.45, 2.75) is 44.6 Å². The van der Waals surface area contributed by atoms with Crippen molar-refractivity contribution in [1.29, 1.82) is 0 Å². The maximum Gasteiger partial charge on any atom is 0.338 e. The van der Waals surface area contributed by atoms with Crippen LogP contribution in [0.3, 0.4) is 0 Å². The molecule has 4 aliphatic carbocycles. The minimum Gasteiger partial charge on any atom is -0.458 e. The van der Waals surface area contributed by atoms with Gasteiger partial charge in [-0.05, 0) is 86.5 Å². The average molecular weight is 361 g/mol. The molecule has 116 valence electrons. The Kier molecular flexibility index (Phi) is 2.84. The van der Waals surface area contributed by atoms with E-state index in [1.54, 1.807) is 0 Å². The number of fused-ring (bicyclic) bond motifs is 4. The monoisotopic (exact) mass is 360 g/mol. The van der Waals surface area contributed by atoms with Crippen LogP contribution >= 0.6 is 15.9 Å². The lowest BCUT2D eigenvalue weighted by atomic mass is 9.64. The van der Waals surface area contributed by atoms with E-state index in [1.807, 2.05) is 24.3 Å². The molecule has 0 heterocycles. The number of carbonyl (C=O) groups excluding carboxylic acids is 1. The van der Waals surface area contributed by atoms with Crippen LogP contribution in [0.15, 0.2) is 28.7 Å². The molecule has 0 radical (unpaired) electrons. The highest BCUT2D eigenvalue weighted by molar-refractivity contribution is 9.10. The van der Waals surface area contributed by atoms with Gasteiger partial charge in [0.25, 0.3) is 0 Å². The zero-order valence-corrected chi connectivity index (χ0v) is 14.2. The third kappa shape index (κ3) is 1.69. The zero-order valence-electron chi connectivity index (χ0n) is 12.6. The van der Waals surface area contributed by atoms with E-state index in [0.717, 1.165) is 34.6 Å². The van der Waals surface area contributed by atoms with Crippen molar-refractivity contribution in [2.24, 2.45) is 29.1 Å². The molecule has 5 rings (SSSR count). The largest absolute Gasteiger partial charge is 0.458 e. The van der Waals surface area contributed by atoms with Gasteiger partial charge in [-0.1, -0.05) is 15.9 Å². The van der Waals surface area contributed by atoms with E-state index in [9.17, 15) is 4.79 Å². The molecule has 6 atom stereocenters. The molecule has 4 aliphatic rings. The Morgan fingerprint density at radius 3 is 2.77 bits per heavy atom. The molecule has 0 amide bonds. The highest BCUT2D eigenvalue weighted by Crippen LogP contribution is 2.73. The van der Waals surface area contributed by atoms with Crippen LogP contribution in [0, 0.1) is 29.1 Å². The number of carbonyl (C=O) groups is 1. The van der Waals surface area contributed by atoms with Crippen LogP contribution in [-0.4, -0.2) is 12.1 Å². The molecule has 4 saturated carbocycles. The van der Waals surface area contributed by atoms with Crippen LogP contribution in [0.25, 0.3) is 0 Å². The Hall–Kier alpha value is -0.830. The average Bonchev–Trinajstić information content (AvgIpc) is 3.24. The standard InChI is InChI=1S/C19H21BrO2/c20-15-5-2-12(3-6-15)18(21)22-17-8-11-7-16-13-1-4-14(9-13)19(16,17)10-11/h2-3,5-6,11,13-14,16-17H,1,4,7-10H2/t11-,13+,14+,16-,17-,19-/m1/s1. The van der Waals surface area contributed by atoms with Crippen LogP contribution in [0.2, 0.25) is 0 Å². The van der Waals surface area contributed by atoms with Crippen molar-refractivity contribution in [1.82, 2.24) is 0 Å². The van der Waals surface area contributed by atoms with Crippen LogP contribution in [0.1, 0.15) is 48.9 Å². The predicted octanol–water partition coefficient (Wildman–Crippen LogP) is 4.82. The molecule has 0 aromatic heterocycles. The summed E-state index contributed by atoms with van der Waals surface area (Å²) in [5.74, 6) is 3.31. The van der Waals surface area contributed by atoms with E-state index in [2.05, 4.69) is 15.9 Å². The molecule has 1 spiro atoms. The Bertz CT molecular complexity index is 625. The van der Waals surface area contributed by atoms with E-state index in [4.69, 9.17) is 4.74 Å². The first-order chi connectivity index (χ1) is 10.7. The highest BCUT2D eigenvalue weighted by atomic mass is 79.9. The van der Waals surface area contributed by atoms with E-state index < -0.39 is 0 Å². The van der Waals surface area contributed by atoms with Gasteiger partial charge in [-0.3, -0.25) is 0 Å². The fraction of sp³-hybridized carbons (Fsp3) is 0.632. The molecule has 0 N–H and O–H groups in total. The second kappa shape index (κ2) is 4.59. The molecule has 0 unspecified atom stereocenters. The molecule has 4 bridgehead atoms. The van der Waals surface area contributed by atoms with Crippen LogP contribution in [0.4, 0.5) is 0 Å². The maximum absolute atomic E-state index is 12.5. The molecule has 22 heavy (non-hydrogen) atoms. The maximum atomic E-state index is 12.5. The van der Waals surface area contributed by atoms with Gasteiger partial charge in [0, 0.05) is 9.89 Å². The van der Waals surface area contributed by atoms with Crippen molar-refractivity contribution < 1.29 is 9.53 Å². The third-order valence-electron chi connectivity index (χ3n) is 7.20. The van der Waals surface area contributed by atoms with Crippen molar-refractivity contribution in [2.75, 3.05) is 0 Å². The van der Waals surface area contributed by atoms with Crippen molar-refractivity contribution in [3.05, 3.63) is 34.3 Å². The predicted molar refractivity (Wildman–Crippen MR) is 87.4 cm³/mol. The van der Waals surface area contributed by atoms with Gasteiger partial charge < -0.3 is 4.74 Å². The van der Waals surface area contributed by atoms with Crippen LogP contribution in [-0.2, 0) is 4.74 Å². The first kappa shape index (κ1) is 13.6. The van der Waals surface area contributed by atoms with E-state index in [1.165, 1.54) is 32.1 Å². The summed E-state index contributed by atoms with van der Waals surface area (Å²) in [4.78, 5) is 12.5. The topological polar surface area (TPSA) is 26.3 Å². The summed E-state index contributed by atoms with van der Waals surface area (Å²) in [5, 5.41) is 0. The molecule has 0 saturated heterocycles. The Morgan fingerprint density at radius 2 is 1.95 bits per heavy atom. The number of hydrogen-bond acceptors (Lipinski definition) is 2. The smallest absolute Gasteiger partial charge is 0.338 e. The highest BCUT2D eigenvalue weighted by Gasteiger charge is 2.69. The summed E-state index contributed by atoms with van der Waals surface area (Å²) in [6.45, 7) is 0. The molecule has 2 nitrogen and oxygen atoms in total. The minimum atomic E-state index is -0.124. The summed E-state index contributed by atoms with van der Waals surface area (Å²) in [5.41, 5.74) is 1.04. The first-order valence-corrected chi connectivity index (χ1v) is 9.42. The van der Waals surface area contributed by atoms with Gasteiger partial charge in [-0.15, -0.1) is 0 Å². The first-order valence-electron chi connectivity index (χ1n) is 8.63. The lowest BCUT2D eigenvalue weighted by molar-refractivity contribution is -0.0549. The molecule has 0 aliphatic heterocycles. The lowest BCUT2D eigenvalue weighted by Gasteiger charge is -2.44. The fourth-order valence-electron chi connectivity index (χ4n) is 6.56. The number of esters is 1. The fourth-order valence-corrected chi connectivity index (χ4v) is 6.82. The summed E-state index contributed by atoms with van der Waals surface area (Å²) in [6, 6.07) is 7.54.